The second-order valence-electron chi connectivity index (χ2n) is 5.45. The van der Waals surface area contributed by atoms with Gasteiger partial charge in [-0.25, -0.2) is 9.18 Å². The standard InChI is InChI=1S/C19H16FNO3S/c20-15-7-5-13(6-8-15)9-10-21-18(22)12-24-19(23)17-11-14-3-1-2-4-16(14)25-17/h1-8,11H,9-10,12H2,(H,21,22). The maximum Gasteiger partial charge on any atom is 0.348 e. The highest BCUT2D eigenvalue weighted by Gasteiger charge is 2.13. The molecular weight excluding hydrogens is 341 g/mol. The van der Waals surface area contributed by atoms with Crippen molar-refractivity contribution in [3.05, 3.63) is 70.9 Å². The van der Waals surface area contributed by atoms with Crippen LogP contribution < -0.4 is 5.32 Å². The Morgan fingerprint density at radius 1 is 1.08 bits per heavy atom. The van der Waals surface area contributed by atoms with Crippen LogP contribution in [-0.4, -0.2) is 25.0 Å². The number of thiophene rings is 1. The highest BCUT2D eigenvalue weighted by Crippen LogP contribution is 2.25. The smallest absolute Gasteiger partial charge is 0.348 e. The lowest BCUT2D eigenvalue weighted by Crippen LogP contribution is -2.30. The van der Waals surface area contributed by atoms with Gasteiger partial charge in [0.25, 0.3) is 5.91 Å². The molecule has 3 aromatic rings. The number of fused-ring (bicyclic) bond motifs is 1. The van der Waals surface area contributed by atoms with E-state index in [0.717, 1.165) is 15.6 Å². The molecule has 0 aliphatic rings. The first-order chi connectivity index (χ1) is 12.1. The summed E-state index contributed by atoms with van der Waals surface area (Å²) in [7, 11) is 0. The first kappa shape index (κ1) is 17.1. The SMILES string of the molecule is O=C(COC(=O)c1cc2ccccc2s1)NCCc1ccc(F)cc1. The van der Waals surface area contributed by atoms with Gasteiger partial charge in [0.05, 0.1) is 0 Å². The van der Waals surface area contributed by atoms with E-state index in [-0.39, 0.29) is 18.3 Å². The lowest BCUT2D eigenvalue weighted by Gasteiger charge is -2.06. The summed E-state index contributed by atoms with van der Waals surface area (Å²) in [4.78, 5) is 24.2. The molecule has 0 unspecified atom stereocenters. The van der Waals surface area contributed by atoms with E-state index < -0.39 is 5.97 Å². The predicted octanol–water partition coefficient (Wildman–Crippen LogP) is 3.56. The quantitative estimate of drug-likeness (QED) is 0.687. The van der Waals surface area contributed by atoms with Crippen molar-refractivity contribution < 1.29 is 18.7 Å². The van der Waals surface area contributed by atoms with Gasteiger partial charge in [-0.3, -0.25) is 4.79 Å². The first-order valence-electron chi connectivity index (χ1n) is 7.79. The second-order valence-corrected chi connectivity index (χ2v) is 6.53. The van der Waals surface area contributed by atoms with E-state index in [1.54, 1.807) is 18.2 Å². The fraction of sp³-hybridized carbons (Fsp3) is 0.158. The highest BCUT2D eigenvalue weighted by molar-refractivity contribution is 7.20. The summed E-state index contributed by atoms with van der Waals surface area (Å²) < 4.78 is 18.8. The second kappa shape index (κ2) is 7.90. The van der Waals surface area contributed by atoms with Crippen LogP contribution in [0.1, 0.15) is 15.2 Å². The van der Waals surface area contributed by atoms with Crippen LogP contribution >= 0.6 is 11.3 Å². The minimum absolute atomic E-state index is 0.291. The number of nitrogens with one attached hydrogen (secondary N) is 1. The van der Waals surface area contributed by atoms with Crippen molar-refractivity contribution in [3.63, 3.8) is 0 Å². The van der Waals surface area contributed by atoms with Gasteiger partial charge in [-0.05, 0) is 41.6 Å². The number of carbonyl (C=O) groups excluding carboxylic acids is 2. The van der Waals surface area contributed by atoms with Crippen molar-refractivity contribution in [2.45, 2.75) is 6.42 Å². The summed E-state index contributed by atoms with van der Waals surface area (Å²) in [6.07, 6.45) is 0.580. The minimum atomic E-state index is -0.505. The zero-order valence-corrected chi connectivity index (χ0v) is 14.1. The van der Waals surface area contributed by atoms with Crippen LogP contribution in [0.3, 0.4) is 0 Å². The molecule has 1 amide bonds. The Morgan fingerprint density at radius 3 is 2.60 bits per heavy atom. The van der Waals surface area contributed by atoms with Gasteiger partial charge in [-0.15, -0.1) is 11.3 Å². The summed E-state index contributed by atoms with van der Waals surface area (Å²) in [6, 6.07) is 15.5. The number of hydrogen-bond acceptors (Lipinski definition) is 4. The summed E-state index contributed by atoms with van der Waals surface area (Å²) in [6.45, 7) is 0.0708. The zero-order valence-electron chi connectivity index (χ0n) is 13.3. The van der Waals surface area contributed by atoms with E-state index in [0.29, 0.717) is 17.8 Å². The molecule has 6 heteroatoms. The molecule has 0 aliphatic heterocycles. The average Bonchev–Trinajstić information content (AvgIpc) is 3.05. The number of hydrogen-bond donors (Lipinski definition) is 1. The Labute approximate surface area is 148 Å². The van der Waals surface area contributed by atoms with Gasteiger partial charge >= 0.3 is 5.97 Å². The van der Waals surface area contributed by atoms with E-state index in [1.165, 1.54) is 23.5 Å². The molecule has 0 saturated heterocycles. The molecule has 2 aromatic carbocycles. The molecule has 128 valence electrons. The maximum atomic E-state index is 12.8. The third kappa shape index (κ3) is 4.64. The molecule has 0 fully saturated rings. The Morgan fingerprint density at radius 2 is 1.84 bits per heavy atom. The van der Waals surface area contributed by atoms with E-state index in [1.807, 2.05) is 24.3 Å². The molecule has 25 heavy (non-hydrogen) atoms. The van der Waals surface area contributed by atoms with E-state index >= 15 is 0 Å². The third-order valence-corrected chi connectivity index (χ3v) is 4.71. The summed E-state index contributed by atoms with van der Waals surface area (Å²) in [5.74, 6) is -1.16. The van der Waals surface area contributed by atoms with E-state index in [4.69, 9.17) is 4.74 Å². The van der Waals surface area contributed by atoms with Gasteiger partial charge in [0, 0.05) is 11.2 Å². The number of esters is 1. The van der Waals surface area contributed by atoms with Gasteiger partial charge in [0.2, 0.25) is 0 Å². The lowest BCUT2D eigenvalue weighted by molar-refractivity contribution is -0.124. The molecule has 0 aliphatic carbocycles. The van der Waals surface area contributed by atoms with Crippen molar-refractivity contribution in [2.75, 3.05) is 13.2 Å². The van der Waals surface area contributed by atoms with Crippen LogP contribution in [0.5, 0.6) is 0 Å². The van der Waals surface area contributed by atoms with E-state index in [9.17, 15) is 14.0 Å². The highest BCUT2D eigenvalue weighted by atomic mass is 32.1. The zero-order chi connectivity index (χ0) is 17.6. The number of benzene rings is 2. The third-order valence-electron chi connectivity index (χ3n) is 3.61. The van der Waals surface area contributed by atoms with Gasteiger partial charge in [0.1, 0.15) is 10.7 Å². The van der Waals surface area contributed by atoms with Gasteiger partial charge in [-0.1, -0.05) is 30.3 Å². The molecule has 4 nitrogen and oxygen atoms in total. The summed E-state index contributed by atoms with van der Waals surface area (Å²) >= 11 is 1.34. The molecule has 1 heterocycles. The normalized spacial score (nSPS) is 10.6. The summed E-state index contributed by atoms with van der Waals surface area (Å²) in [5.41, 5.74) is 0.920. The Balaban J connectivity index is 1.43. The minimum Gasteiger partial charge on any atom is -0.451 e. The number of carbonyl (C=O) groups is 2. The van der Waals surface area contributed by atoms with Crippen molar-refractivity contribution in [2.24, 2.45) is 0 Å². The Hall–Kier alpha value is -2.73. The predicted molar refractivity (Wildman–Crippen MR) is 95.2 cm³/mol. The lowest BCUT2D eigenvalue weighted by atomic mass is 10.1. The Bertz CT molecular complexity index is 856. The molecule has 0 bridgehead atoms. The average molecular weight is 357 g/mol. The number of ether oxygens (including phenoxy) is 1. The number of rotatable bonds is 6. The first-order valence-corrected chi connectivity index (χ1v) is 8.60. The van der Waals surface area contributed by atoms with Crippen molar-refractivity contribution in [3.8, 4) is 0 Å². The topological polar surface area (TPSA) is 55.4 Å². The fourth-order valence-electron chi connectivity index (χ4n) is 2.33. The largest absolute Gasteiger partial charge is 0.451 e. The van der Waals surface area contributed by atoms with Crippen molar-refractivity contribution in [1.29, 1.82) is 0 Å². The number of amides is 1. The molecule has 0 radical (unpaired) electrons. The Kier molecular flexibility index (Phi) is 5.40. The van der Waals surface area contributed by atoms with Crippen molar-refractivity contribution >= 4 is 33.3 Å². The molecule has 0 atom stereocenters. The van der Waals surface area contributed by atoms with Crippen LogP contribution in [0.15, 0.2) is 54.6 Å². The van der Waals surface area contributed by atoms with Crippen LogP contribution in [0, 0.1) is 5.82 Å². The van der Waals surface area contributed by atoms with Crippen molar-refractivity contribution in [1.82, 2.24) is 5.32 Å². The van der Waals surface area contributed by atoms with Crippen LogP contribution in [-0.2, 0) is 16.0 Å². The molecule has 1 N–H and O–H groups in total. The van der Waals surface area contributed by atoms with Gasteiger partial charge in [-0.2, -0.15) is 0 Å². The molecule has 0 saturated carbocycles. The van der Waals surface area contributed by atoms with Crippen LogP contribution in [0.4, 0.5) is 4.39 Å². The van der Waals surface area contributed by atoms with Gasteiger partial charge in [0.15, 0.2) is 6.61 Å². The monoisotopic (exact) mass is 357 g/mol. The van der Waals surface area contributed by atoms with E-state index in [2.05, 4.69) is 5.32 Å². The molecule has 3 rings (SSSR count). The molecule has 0 spiro atoms. The summed E-state index contributed by atoms with van der Waals surface area (Å²) in [5, 5.41) is 3.65. The van der Waals surface area contributed by atoms with Crippen LogP contribution in [0.2, 0.25) is 0 Å². The maximum absolute atomic E-state index is 12.8. The molecular formula is C19H16FNO3S. The molecule has 1 aromatic heterocycles. The van der Waals surface area contributed by atoms with Crippen LogP contribution in [0.25, 0.3) is 10.1 Å². The number of halogens is 1. The fourth-order valence-corrected chi connectivity index (χ4v) is 3.29. The van der Waals surface area contributed by atoms with Gasteiger partial charge < -0.3 is 10.1 Å².